The van der Waals surface area contributed by atoms with E-state index < -0.39 is 0 Å². The van der Waals surface area contributed by atoms with Crippen molar-refractivity contribution >= 4 is 16.9 Å². The molecule has 3 aromatic rings. The van der Waals surface area contributed by atoms with E-state index in [1.165, 1.54) is 0 Å². The van der Waals surface area contributed by atoms with E-state index >= 15 is 0 Å². The Balaban J connectivity index is 1.75. The number of H-pyrrole nitrogens is 1. The van der Waals surface area contributed by atoms with E-state index in [1.807, 2.05) is 55.4 Å². The van der Waals surface area contributed by atoms with Crippen LogP contribution in [0, 0.1) is 0 Å². The van der Waals surface area contributed by atoms with Gasteiger partial charge in [0.25, 0.3) is 5.91 Å². The highest BCUT2D eigenvalue weighted by atomic mass is 16.1. The fourth-order valence-electron chi connectivity index (χ4n) is 2.35. The van der Waals surface area contributed by atoms with Gasteiger partial charge in [-0.25, -0.2) is 4.98 Å². The zero-order valence-corrected chi connectivity index (χ0v) is 13.2. The summed E-state index contributed by atoms with van der Waals surface area (Å²) in [7, 11) is 3.95. The number of carbonyl (C=O) groups is 1. The molecule has 0 aliphatic heterocycles. The van der Waals surface area contributed by atoms with E-state index in [-0.39, 0.29) is 5.91 Å². The monoisotopic (exact) mass is 309 g/mol. The third-order valence-corrected chi connectivity index (χ3v) is 3.61. The number of amides is 1. The van der Waals surface area contributed by atoms with Crippen molar-refractivity contribution in [3.63, 3.8) is 0 Å². The number of aromatic nitrogens is 3. The van der Waals surface area contributed by atoms with Crippen LogP contribution in [0.25, 0.3) is 22.3 Å². The maximum atomic E-state index is 12.1. The van der Waals surface area contributed by atoms with Gasteiger partial charge in [-0.3, -0.25) is 9.89 Å². The average molecular weight is 309 g/mol. The van der Waals surface area contributed by atoms with Crippen LogP contribution in [0.15, 0.2) is 42.6 Å². The molecule has 23 heavy (non-hydrogen) atoms. The summed E-state index contributed by atoms with van der Waals surface area (Å²) in [6.45, 7) is 1.45. The molecule has 1 amide bonds. The van der Waals surface area contributed by atoms with Crippen LogP contribution in [-0.2, 0) is 0 Å². The van der Waals surface area contributed by atoms with Crippen LogP contribution in [-0.4, -0.2) is 53.2 Å². The minimum absolute atomic E-state index is 0.0606. The fourth-order valence-corrected chi connectivity index (χ4v) is 2.35. The quantitative estimate of drug-likeness (QED) is 0.755. The van der Waals surface area contributed by atoms with Crippen molar-refractivity contribution in [3.05, 3.63) is 48.2 Å². The van der Waals surface area contributed by atoms with Crippen molar-refractivity contribution in [2.24, 2.45) is 0 Å². The summed E-state index contributed by atoms with van der Waals surface area (Å²) in [6, 6.07) is 11.3. The van der Waals surface area contributed by atoms with Gasteiger partial charge in [0.15, 0.2) is 5.65 Å². The number of pyridine rings is 1. The number of hydrogen-bond donors (Lipinski definition) is 2. The Morgan fingerprint density at radius 1 is 1.22 bits per heavy atom. The molecule has 0 fully saturated rings. The molecule has 6 nitrogen and oxygen atoms in total. The molecule has 0 radical (unpaired) electrons. The predicted octanol–water partition coefficient (Wildman–Crippen LogP) is 1.92. The first-order chi connectivity index (χ1) is 11.1. The molecule has 0 atom stereocenters. The third kappa shape index (κ3) is 3.37. The van der Waals surface area contributed by atoms with Crippen molar-refractivity contribution in [3.8, 4) is 11.3 Å². The molecule has 0 spiro atoms. The molecule has 0 saturated carbocycles. The van der Waals surface area contributed by atoms with Crippen LogP contribution < -0.4 is 5.32 Å². The smallest absolute Gasteiger partial charge is 0.251 e. The summed E-state index contributed by atoms with van der Waals surface area (Å²) in [6.07, 6.45) is 1.72. The zero-order valence-electron chi connectivity index (χ0n) is 13.2. The standard InChI is InChI=1S/C17H19N5O/c1-22(2)11-10-19-17(23)13-7-5-12(6-8-13)15-14-4-3-9-18-16(14)21-20-15/h3-9H,10-11H2,1-2H3,(H,19,23)(H,18,20,21). The number of nitrogens with zero attached hydrogens (tertiary/aromatic N) is 3. The van der Waals surface area contributed by atoms with Crippen molar-refractivity contribution in [1.82, 2.24) is 25.4 Å². The summed E-state index contributed by atoms with van der Waals surface area (Å²) < 4.78 is 0. The molecule has 0 aliphatic rings. The summed E-state index contributed by atoms with van der Waals surface area (Å²) >= 11 is 0. The van der Waals surface area contributed by atoms with Gasteiger partial charge in [0.1, 0.15) is 0 Å². The molecular formula is C17H19N5O. The van der Waals surface area contributed by atoms with Crippen LogP contribution in [0.2, 0.25) is 0 Å². The number of fused-ring (bicyclic) bond motifs is 1. The number of carbonyl (C=O) groups excluding carboxylic acids is 1. The molecule has 2 heterocycles. The van der Waals surface area contributed by atoms with Crippen molar-refractivity contribution in [2.45, 2.75) is 0 Å². The first kappa shape index (κ1) is 15.2. The minimum atomic E-state index is -0.0606. The molecule has 3 rings (SSSR count). The Kier molecular flexibility index (Phi) is 4.34. The molecule has 0 saturated heterocycles. The number of rotatable bonds is 5. The van der Waals surface area contributed by atoms with Gasteiger partial charge in [-0.1, -0.05) is 12.1 Å². The highest BCUT2D eigenvalue weighted by Gasteiger charge is 2.09. The van der Waals surface area contributed by atoms with Gasteiger partial charge in [0, 0.05) is 35.8 Å². The Morgan fingerprint density at radius 2 is 2.00 bits per heavy atom. The first-order valence-corrected chi connectivity index (χ1v) is 7.47. The Bertz CT molecular complexity index is 807. The van der Waals surface area contributed by atoms with Gasteiger partial charge in [-0.05, 0) is 38.4 Å². The molecule has 1 aromatic carbocycles. The number of hydrogen-bond acceptors (Lipinski definition) is 4. The summed E-state index contributed by atoms with van der Waals surface area (Å²) in [5, 5.41) is 11.1. The zero-order chi connectivity index (χ0) is 16.2. The lowest BCUT2D eigenvalue weighted by Crippen LogP contribution is -2.31. The second-order valence-electron chi connectivity index (χ2n) is 5.61. The van der Waals surface area contributed by atoms with Crippen molar-refractivity contribution in [1.29, 1.82) is 0 Å². The van der Waals surface area contributed by atoms with Crippen molar-refractivity contribution in [2.75, 3.05) is 27.2 Å². The lowest BCUT2D eigenvalue weighted by atomic mass is 10.1. The van der Waals surface area contributed by atoms with Gasteiger partial charge >= 0.3 is 0 Å². The molecule has 0 aliphatic carbocycles. The van der Waals surface area contributed by atoms with E-state index in [4.69, 9.17) is 0 Å². The number of nitrogens with one attached hydrogen (secondary N) is 2. The minimum Gasteiger partial charge on any atom is -0.351 e. The molecule has 2 N–H and O–H groups in total. The third-order valence-electron chi connectivity index (χ3n) is 3.61. The maximum absolute atomic E-state index is 12.1. The van der Waals surface area contributed by atoms with Gasteiger partial charge in [0.2, 0.25) is 0 Å². The van der Waals surface area contributed by atoms with E-state index in [2.05, 4.69) is 20.5 Å². The summed E-state index contributed by atoms with van der Waals surface area (Å²) in [4.78, 5) is 18.3. The van der Waals surface area contributed by atoms with E-state index in [1.54, 1.807) is 6.20 Å². The van der Waals surface area contributed by atoms with Crippen LogP contribution in [0.5, 0.6) is 0 Å². The largest absolute Gasteiger partial charge is 0.351 e. The second-order valence-corrected chi connectivity index (χ2v) is 5.61. The Morgan fingerprint density at radius 3 is 2.74 bits per heavy atom. The average Bonchev–Trinajstić information content (AvgIpc) is 2.98. The maximum Gasteiger partial charge on any atom is 0.251 e. The van der Waals surface area contributed by atoms with Crippen LogP contribution in [0.1, 0.15) is 10.4 Å². The highest BCUT2D eigenvalue weighted by Crippen LogP contribution is 2.25. The Hall–Kier alpha value is -2.73. The normalized spacial score (nSPS) is 11.1. The number of benzene rings is 1. The van der Waals surface area contributed by atoms with Gasteiger partial charge in [-0.2, -0.15) is 5.10 Å². The van der Waals surface area contributed by atoms with E-state index in [0.29, 0.717) is 17.8 Å². The summed E-state index contributed by atoms with van der Waals surface area (Å²) in [5.74, 6) is -0.0606. The SMILES string of the molecule is CN(C)CCNC(=O)c1ccc(-c2[nH]nc3ncccc23)cc1. The number of aromatic amines is 1. The van der Waals surface area contributed by atoms with E-state index in [0.717, 1.165) is 23.2 Å². The van der Waals surface area contributed by atoms with Crippen LogP contribution in [0.4, 0.5) is 0 Å². The predicted molar refractivity (Wildman–Crippen MR) is 90.2 cm³/mol. The molecule has 0 bridgehead atoms. The van der Waals surface area contributed by atoms with Crippen molar-refractivity contribution < 1.29 is 4.79 Å². The molecule has 118 valence electrons. The molecular weight excluding hydrogens is 290 g/mol. The van der Waals surface area contributed by atoms with Gasteiger partial charge in [-0.15, -0.1) is 0 Å². The second kappa shape index (κ2) is 6.58. The lowest BCUT2D eigenvalue weighted by Gasteiger charge is -2.10. The topological polar surface area (TPSA) is 73.9 Å². The fraction of sp³-hybridized carbons (Fsp3) is 0.235. The van der Waals surface area contributed by atoms with E-state index in [9.17, 15) is 4.79 Å². The highest BCUT2D eigenvalue weighted by molar-refractivity contribution is 5.95. The Labute approximate surface area is 134 Å². The van der Waals surface area contributed by atoms with Crippen LogP contribution >= 0.6 is 0 Å². The van der Waals surface area contributed by atoms with Gasteiger partial charge in [0.05, 0.1) is 5.69 Å². The number of likely N-dealkylation sites (N-methyl/N-ethyl adjacent to an activating group) is 1. The molecule has 0 unspecified atom stereocenters. The summed E-state index contributed by atoms with van der Waals surface area (Å²) in [5.41, 5.74) is 3.22. The van der Waals surface area contributed by atoms with Gasteiger partial charge < -0.3 is 10.2 Å². The first-order valence-electron chi connectivity index (χ1n) is 7.47. The lowest BCUT2D eigenvalue weighted by molar-refractivity contribution is 0.0951. The van der Waals surface area contributed by atoms with Crippen LogP contribution in [0.3, 0.4) is 0 Å². The molecule has 2 aromatic heterocycles. The molecule has 6 heteroatoms.